The number of benzene rings is 1. The van der Waals surface area contributed by atoms with Gasteiger partial charge in [-0.2, -0.15) is 10.2 Å². The van der Waals surface area contributed by atoms with Gasteiger partial charge in [-0.25, -0.2) is 19.2 Å². The Morgan fingerprint density at radius 2 is 1.96 bits per heavy atom. The number of hydrogen-bond donors (Lipinski definition) is 0. The third kappa shape index (κ3) is 3.02. The number of hydrogen-bond acceptors (Lipinski definition) is 5. The fraction of sp³-hybridized carbons (Fsp3) is 0.250. The molecule has 0 bridgehead atoms. The van der Waals surface area contributed by atoms with E-state index in [1.54, 1.807) is 29.2 Å². The van der Waals surface area contributed by atoms with Crippen LogP contribution in [0.15, 0.2) is 55.0 Å². The number of rotatable bonds is 3. The van der Waals surface area contributed by atoms with Crippen molar-refractivity contribution >= 4 is 11.6 Å². The minimum absolute atomic E-state index is 0.0519. The fourth-order valence-electron chi connectivity index (χ4n) is 3.56. The van der Waals surface area contributed by atoms with Crippen LogP contribution in [0.1, 0.15) is 27.6 Å². The van der Waals surface area contributed by atoms with Crippen molar-refractivity contribution in [3.05, 3.63) is 77.8 Å². The molecule has 0 saturated carbocycles. The maximum atomic E-state index is 13.0. The molecule has 0 radical (unpaired) electrons. The van der Waals surface area contributed by atoms with Crippen molar-refractivity contribution in [3.63, 3.8) is 0 Å². The van der Waals surface area contributed by atoms with Crippen LogP contribution in [0, 0.1) is 0 Å². The first kappa shape index (κ1) is 16.6. The number of aromatic nitrogens is 6. The first-order valence-corrected chi connectivity index (χ1v) is 9.32. The van der Waals surface area contributed by atoms with E-state index in [4.69, 9.17) is 4.98 Å². The second-order valence-electron chi connectivity index (χ2n) is 6.82. The zero-order chi connectivity index (χ0) is 18.9. The maximum absolute atomic E-state index is 13.0. The molecule has 28 heavy (non-hydrogen) atoms. The highest BCUT2D eigenvalue weighted by molar-refractivity contribution is 5.99. The van der Waals surface area contributed by atoms with Gasteiger partial charge in [0.15, 0.2) is 11.5 Å². The van der Waals surface area contributed by atoms with Gasteiger partial charge in [0.1, 0.15) is 11.4 Å². The molecule has 1 aliphatic heterocycles. The van der Waals surface area contributed by atoms with Crippen LogP contribution in [-0.4, -0.2) is 53.3 Å². The molecular weight excluding hydrogens is 354 g/mol. The molecule has 0 unspecified atom stereocenters. The van der Waals surface area contributed by atoms with Gasteiger partial charge < -0.3 is 4.90 Å². The van der Waals surface area contributed by atoms with Crippen LogP contribution in [0.25, 0.3) is 5.65 Å². The van der Waals surface area contributed by atoms with E-state index in [1.165, 1.54) is 5.56 Å². The molecule has 0 saturated heterocycles. The van der Waals surface area contributed by atoms with E-state index in [0.29, 0.717) is 37.3 Å². The molecule has 8 nitrogen and oxygen atoms in total. The summed E-state index contributed by atoms with van der Waals surface area (Å²) in [4.78, 5) is 23.8. The lowest BCUT2D eigenvalue weighted by atomic mass is 10.1. The van der Waals surface area contributed by atoms with Gasteiger partial charge in [0, 0.05) is 38.3 Å². The van der Waals surface area contributed by atoms with Crippen LogP contribution < -0.4 is 0 Å². The number of nitrogens with zero attached hydrogens (tertiary/aromatic N) is 7. The van der Waals surface area contributed by atoms with E-state index in [1.807, 2.05) is 27.8 Å². The second-order valence-corrected chi connectivity index (χ2v) is 6.82. The van der Waals surface area contributed by atoms with Gasteiger partial charge >= 0.3 is 0 Å². The summed E-state index contributed by atoms with van der Waals surface area (Å²) in [6.07, 6.45) is 6.45. The summed E-state index contributed by atoms with van der Waals surface area (Å²) in [7, 11) is 0. The van der Waals surface area contributed by atoms with Crippen LogP contribution in [0.5, 0.6) is 0 Å². The van der Waals surface area contributed by atoms with E-state index in [2.05, 4.69) is 27.3 Å². The molecule has 0 atom stereocenters. The highest BCUT2D eigenvalue weighted by atomic mass is 16.2. The molecule has 3 aromatic heterocycles. The lowest BCUT2D eigenvalue weighted by Crippen LogP contribution is -2.33. The molecule has 0 spiro atoms. The molecule has 8 heteroatoms. The predicted octanol–water partition coefficient (Wildman–Crippen LogP) is 1.61. The monoisotopic (exact) mass is 373 g/mol. The summed E-state index contributed by atoms with van der Waals surface area (Å²) in [5, 5.41) is 8.87. The highest BCUT2D eigenvalue weighted by Crippen LogP contribution is 2.15. The van der Waals surface area contributed by atoms with Gasteiger partial charge in [-0.1, -0.05) is 30.3 Å². The number of carbonyl (C=O) groups excluding carboxylic acids is 1. The quantitative estimate of drug-likeness (QED) is 0.545. The van der Waals surface area contributed by atoms with E-state index in [0.717, 1.165) is 18.1 Å². The summed E-state index contributed by atoms with van der Waals surface area (Å²) >= 11 is 0. The number of carbonyl (C=O) groups is 1. The summed E-state index contributed by atoms with van der Waals surface area (Å²) in [5.74, 6) is 1.70. The molecule has 4 heterocycles. The van der Waals surface area contributed by atoms with Crippen LogP contribution >= 0.6 is 0 Å². The average molecular weight is 373 g/mol. The van der Waals surface area contributed by atoms with Gasteiger partial charge in [-0.05, 0) is 11.6 Å². The normalized spacial score (nSPS) is 14.1. The lowest BCUT2D eigenvalue weighted by molar-refractivity contribution is 0.0760. The Bertz CT molecular complexity index is 1110. The van der Waals surface area contributed by atoms with Crippen molar-refractivity contribution in [3.8, 4) is 0 Å². The number of amides is 1. The third-order valence-electron chi connectivity index (χ3n) is 4.98. The van der Waals surface area contributed by atoms with E-state index in [-0.39, 0.29) is 5.91 Å². The predicted molar refractivity (Wildman–Crippen MR) is 102 cm³/mol. The average Bonchev–Trinajstić information content (AvgIpc) is 3.27. The Morgan fingerprint density at radius 3 is 2.86 bits per heavy atom. The SMILES string of the molecule is O=C(c1cnn2cccnc12)N1CCc2nc(Cc3ccccc3)nn2CC1. The molecular formula is C20H19N7O. The molecule has 0 aliphatic carbocycles. The van der Waals surface area contributed by atoms with E-state index in [9.17, 15) is 4.79 Å². The van der Waals surface area contributed by atoms with Gasteiger partial charge in [0.2, 0.25) is 0 Å². The van der Waals surface area contributed by atoms with Crippen LogP contribution in [0.2, 0.25) is 0 Å². The van der Waals surface area contributed by atoms with Crippen molar-refractivity contribution in [1.82, 2.24) is 34.3 Å². The van der Waals surface area contributed by atoms with Crippen molar-refractivity contribution in [2.45, 2.75) is 19.4 Å². The Labute approximate surface area is 161 Å². The lowest BCUT2D eigenvalue weighted by Gasteiger charge is -2.19. The largest absolute Gasteiger partial charge is 0.336 e. The Balaban J connectivity index is 1.31. The van der Waals surface area contributed by atoms with Crippen LogP contribution in [0.4, 0.5) is 0 Å². The van der Waals surface area contributed by atoms with E-state index < -0.39 is 0 Å². The topological polar surface area (TPSA) is 81.2 Å². The van der Waals surface area contributed by atoms with Crippen molar-refractivity contribution in [1.29, 1.82) is 0 Å². The minimum Gasteiger partial charge on any atom is -0.336 e. The Hall–Kier alpha value is -3.55. The third-order valence-corrected chi connectivity index (χ3v) is 4.98. The molecule has 1 aromatic carbocycles. The van der Waals surface area contributed by atoms with Crippen molar-refractivity contribution in [2.24, 2.45) is 0 Å². The summed E-state index contributed by atoms with van der Waals surface area (Å²) < 4.78 is 3.55. The first-order valence-electron chi connectivity index (χ1n) is 9.32. The Kier molecular flexibility index (Phi) is 4.08. The van der Waals surface area contributed by atoms with Crippen molar-refractivity contribution < 1.29 is 4.79 Å². The summed E-state index contributed by atoms with van der Waals surface area (Å²) in [6, 6.07) is 12.0. The Morgan fingerprint density at radius 1 is 1.07 bits per heavy atom. The van der Waals surface area contributed by atoms with Gasteiger partial charge in [-0.3, -0.25) is 4.79 Å². The molecule has 5 rings (SSSR count). The number of fused-ring (bicyclic) bond motifs is 2. The smallest absolute Gasteiger partial charge is 0.259 e. The molecule has 4 aromatic rings. The van der Waals surface area contributed by atoms with E-state index >= 15 is 0 Å². The van der Waals surface area contributed by atoms with Gasteiger partial charge in [-0.15, -0.1) is 0 Å². The van der Waals surface area contributed by atoms with Gasteiger partial charge in [0.25, 0.3) is 5.91 Å². The maximum Gasteiger partial charge on any atom is 0.259 e. The molecule has 0 fully saturated rings. The van der Waals surface area contributed by atoms with Gasteiger partial charge in [0.05, 0.1) is 12.7 Å². The van der Waals surface area contributed by atoms with Crippen LogP contribution in [-0.2, 0) is 19.4 Å². The minimum atomic E-state index is -0.0519. The standard InChI is InChI=1S/C20H19N7O/c28-20(16-14-22-27-9-4-8-21-19(16)27)25-10-7-18-23-17(24-26(18)12-11-25)13-15-5-2-1-3-6-15/h1-6,8-9,14H,7,10-13H2. The zero-order valence-corrected chi connectivity index (χ0v) is 15.3. The fourth-order valence-corrected chi connectivity index (χ4v) is 3.56. The molecule has 0 N–H and O–H groups in total. The van der Waals surface area contributed by atoms with Crippen LogP contribution in [0.3, 0.4) is 0 Å². The molecule has 140 valence electrons. The second kappa shape index (κ2) is 6.88. The summed E-state index contributed by atoms with van der Waals surface area (Å²) in [6.45, 7) is 1.83. The molecule has 1 amide bonds. The van der Waals surface area contributed by atoms with Crippen molar-refractivity contribution in [2.75, 3.05) is 13.1 Å². The highest BCUT2D eigenvalue weighted by Gasteiger charge is 2.24. The zero-order valence-electron chi connectivity index (χ0n) is 15.3. The first-order chi connectivity index (χ1) is 13.8. The molecule has 1 aliphatic rings. The summed E-state index contributed by atoms with van der Waals surface area (Å²) in [5.41, 5.74) is 2.30.